The first kappa shape index (κ1) is 20.8. The van der Waals surface area contributed by atoms with Crippen molar-refractivity contribution in [1.29, 1.82) is 0 Å². The first-order valence-corrected chi connectivity index (χ1v) is 8.20. The second-order valence-electron chi connectivity index (χ2n) is 5.58. The second kappa shape index (κ2) is 14.7. The van der Waals surface area contributed by atoms with E-state index < -0.39 is 0 Å². The summed E-state index contributed by atoms with van der Waals surface area (Å²) in [7, 11) is 0. The summed E-state index contributed by atoms with van der Waals surface area (Å²) in [5.74, 6) is 0. The van der Waals surface area contributed by atoms with Crippen molar-refractivity contribution in [3.05, 3.63) is 0 Å². The van der Waals surface area contributed by atoms with Crippen LogP contribution in [0.25, 0.3) is 0 Å². The lowest BCUT2D eigenvalue weighted by Gasteiger charge is -2.25. The van der Waals surface area contributed by atoms with Crippen molar-refractivity contribution < 1.29 is 18.9 Å². The minimum absolute atomic E-state index is 0.147. The largest absolute Gasteiger partial charge is 0.379 e. The Morgan fingerprint density at radius 3 is 1.81 bits per heavy atom. The molecule has 0 aromatic carbocycles. The average molecular weight is 305 g/mol. The first-order chi connectivity index (χ1) is 10.1. The molecule has 5 heteroatoms. The Balaban J connectivity index is 3.18. The van der Waals surface area contributed by atoms with Crippen molar-refractivity contribution in [3.8, 4) is 0 Å². The van der Waals surface area contributed by atoms with Gasteiger partial charge in [0, 0.05) is 13.2 Å². The van der Waals surface area contributed by atoms with Crippen LogP contribution in [0.15, 0.2) is 0 Å². The Morgan fingerprint density at radius 2 is 1.29 bits per heavy atom. The molecule has 0 spiro atoms. The number of ether oxygens (including phenoxy) is 4. The van der Waals surface area contributed by atoms with E-state index in [1.54, 1.807) is 0 Å². The molecule has 0 aliphatic rings. The number of likely N-dealkylation sites (N-methyl/N-ethyl adjacent to an activating group) is 1. The summed E-state index contributed by atoms with van der Waals surface area (Å²) in [6.07, 6.45) is 2.29. The SMILES string of the molecule is CCCCOCCOCCOCCOC(C)(C)CNCC. The van der Waals surface area contributed by atoms with Gasteiger partial charge in [-0.1, -0.05) is 20.3 Å². The van der Waals surface area contributed by atoms with Gasteiger partial charge in [-0.05, 0) is 26.8 Å². The van der Waals surface area contributed by atoms with Crippen LogP contribution in [0.2, 0.25) is 0 Å². The first-order valence-electron chi connectivity index (χ1n) is 8.20. The van der Waals surface area contributed by atoms with Gasteiger partial charge in [-0.15, -0.1) is 0 Å². The van der Waals surface area contributed by atoms with Crippen LogP contribution in [-0.4, -0.2) is 64.9 Å². The normalized spacial score (nSPS) is 12.0. The van der Waals surface area contributed by atoms with E-state index >= 15 is 0 Å². The number of unbranched alkanes of at least 4 members (excludes halogenated alkanes) is 1. The van der Waals surface area contributed by atoms with Crippen LogP contribution >= 0.6 is 0 Å². The Morgan fingerprint density at radius 1 is 0.762 bits per heavy atom. The van der Waals surface area contributed by atoms with Crippen LogP contribution in [0, 0.1) is 0 Å². The van der Waals surface area contributed by atoms with Crippen LogP contribution < -0.4 is 5.32 Å². The van der Waals surface area contributed by atoms with Crippen LogP contribution in [-0.2, 0) is 18.9 Å². The monoisotopic (exact) mass is 305 g/mol. The smallest absolute Gasteiger partial charge is 0.0751 e. The summed E-state index contributed by atoms with van der Waals surface area (Å²) in [5, 5.41) is 3.28. The average Bonchev–Trinajstić information content (AvgIpc) is 2.46. The highest BCUT2D eigenvalue weighted by molar-refractivity contribution is 4.71. The molecule has 21 heavy (non-hydrogen) atoms. The van der Waals surface area contributed by atoms with Crippen LogP contribution in [0.1, 0.15) is 40.5 Å². The molecule has 1 N–H and O–H groups in total. The van der Waals surface area contributed by atoms with Crippen LogP contribution in [0.3, 0.4) is 0 Å². The van der Waals surface area contributed by atoms with E-state index in [1.807, 2.05) is 0 Å². The topological polar surface area (TPSA) is 49.0 Å². The van der Waals surface area contributed by atoms with Gasteiger partial charge in [-0.25, -0.2) is 0 Å². The summed E-state index contributed by atoms with van der Waals surface area (Å²) in [6, 6.07) is 0. The Bertz CT molecular complexity index is 212. The molecule has 0 fully saturated rings. The van der Waals surface area contributed by atoms with E-state index in [0.29, 0.717) is 39.6 Å². The number of hydrogen-bond donors (Lipinski definition) is 1. The number of hydrogen-bond acceptors (Lipinski definition) is 5. The minimum atomic E-state index is -0.147. The third kappa shape index (κ3) is 16.0. The predicted octanol–water partition coefficient (Wildman–Crippen LogP) is 2.24. The van der Waals surface area contributed by atoms with Gasteiger partial charge >= 0.3 is 0 Å². The third-order valence-electron chi connectivity index (χ3n) is 2.91. The highest BCUT2D eigenvalue weighted by atomic mass is 16.6. The zero-order valence-electron chi connectivity index (χ0n) is 14.4. The second-order valence-corrected chi connectivity index (χ2v) is 5.58. The maximum atomic E-state index is 5.77. The standard InChI is InChI=1S/C16H35NO4/c1-5-7-8-18-9-10-19-11-12-20-13-14-21-16(3,4)15-17-6-2/h17H,5-15H2,1-4H3. The van der Waals surface area contributed by atoms with Gasteiger partial charge in [0.1, 0.15) is 0 Å². The van der Waals surface area contributed by atoms with Crippen molar-refractivity contribution in [1.82, 2.24) is 5.32 Å². The minimum Gasteiger partial charge on any atom is -0.379 e. The van der Waals surface area contributed by atoms with E-state index in [9.17, 15) is 0 Å². The maximum Gasteiger partial charge on any atom is 0.0751 e. The number of rotatable bonds is 16. The Kier molecular flexibility index (Phi) is 14.6. The van der Waals surface area contributed by atoms with Gasteiger partial charge in [-0.2, -0.15) is 0 Å². The third-order valence-corrected chi connectivity index (χ3v) is 2.91. The molecule has 0 aliphatic carbocycles. The molecular formula is C16H35NO4. The fourth-order valence-corrected chi connectivity index (χ4v) is 1.64. The fraction of sp³-hybridized carbons (Fsp3) is 1.00. The van der Waals surface area contributed by atoms with Crippen molar-refractivity contribution in [3.63, 3.8) is 0 Å². The van der Waals surface area contributed by atoms with Gasteiger partial charge in [0.2, 0.25) is 0 Å². The molecule has 0 bridgehead atoms. The molecule has 128 valence electrons. The van der Waals surface area contributed by atoms with Gasteiger partial charge in [0.25, 0.3) is 0 Å². The molecule has 0 radical (unpaired) electrons. The lowest BCUT2D eigenvalue weighted by molar-refractivity contribution is -0.0525. The molecule has 0 saturated heterocycles. The van der Waals surface area contributed by atoms with E-state index in [0.717, 1.165) is 26.1 Å². The number of nitrogens with one attached hydrogen (secondary N) is 1. The van der Waals surface area contributed by atoms with E-state index in [2.05, 4.69) is 33.0 Å². The van der Waals surface area contributed by atoms with Crippen LogP contribution in [0.4, 0.5) is 0 Å². The van der Waals surface area contributed by atoms with Crippen LogP contribution in [0.5, 0.6) is 0 Å². The van der Waals surface area contributed by atoms with Gasteiger partial charge in [0.15, 0.2) is 0 Å². The lowest BCUT2D eigenvalue weighted by atomic mass is 10.1. The summed E-state index contributed by atoms with van der Waals surface area (Å²) in [5.41, 5.74) is -0.147. The van der Waals surface area contributed by atoms with Crippen molar-refractivity contribution in [2.24, 2.45) is 0 Å². The lowest BCUT2D eigenvalue weighted by Crippen LogP contribution is -2.38. The summed E-state index contributed by atoms with van der Waals surface area (Å²) < 4.78 is 22.0. The molecule has 5 nitrogen and oxygen atoms in total. The quantitative estimate of drug-likeness (QED) is 0.443. The highest BCUT2D eigenvalue weighted by Gasteiger charge is 2.16. The Labute approximate surface area is 130 Å². The van der Waals surface area contributed by atoms with Gasteiger partial charge in [-0.3, -0.25) is 0 Å². The molecule has 0 aromatic heterocycles. The molecule has 0 amide bonds. The molecule has 0 unspecified atom stereocenters. The molecule has 0 aromatic rings. The molecule has 0 heterocycles. The summed E-state index contributed by atoms with van der Waals surface area (Å²) in [6.45, 7) is 14.8. The fourth-order valence-electron chi connectivity index (χ4n) is 1.64. The zero-order valence-corrected chi connectivity index (χ0v) is 14.4. The Hall–Kier alpha value is -0.200. The molecule has 0 atom stereocenters. The van der Waals surface area contributed by atoms with Crippen molar-refractivity contribution in [2.45, 2.75) is 46.1 Å². The summed E-state index contributed by atoms with van der Waals surface area (Å²) in [4.78, 5) is 0. The van der Waals surface area contributed by atoms with Gasteiger partial charge in [0.05, 0.1) is 45.2 Å². The molecular weight excluding hydrogens is 270 g/mol. The predicted molar refractivity (Wildman–Crippen MR) is 85.9 cm³/mol. The molecule has 0 saturated carbocycles. The van der Waals surface area contributed by atoms with Crippen molar-refractivity contribution >= 4 is 0 Å². The van der Waals surface area contributed by atoms with E-state index in [1.165, 1.54) is 6.42 Å². The van der Waals surface area contributed by atoms with E-state index in [4.69, 9.17) is 18.9 Å². The maximum absolute atomic E-state index is 5.77. The highest BCUT2D eigenvalue weighted by Crippen LogP contribution is 2.06. The van der Waals surface area contributed by atoms with E-state index in [-0.39, 0.29) is 5.60 Å². The summed E-state index contributed by atoms with van der Waals surface area (Å²) >= 11 is 0. The van der Waals surface area contributed by atoms with Gasteiger partial charge < -0.3 is 24.3 Å². The zero-order chi connectivity index (χ0) is 15.8. The van der Waals surface area contributed by atoms with Crippen molar-refractivity contribution in [2.75, 3.05) is 59.3 Å². The molecule has 0 aliphatic heterocycles. The molecule has 0 rings (SSSR count).